The van der Waals surface area contributed by atoms with Gasteiger partial charge in [-0.1, -0.05) is 37.3 Å². The third-order valence-electron chi connectivity index (χ3n) is 2.83. The molecule has 2 aromatic rings. The standard InChI is InChI=1S/C13H17N3OS/c1-2-10(8-17)15-13-11(12(14)16-18-13)9-6-4-3-5-7-9/h3-7,10,15,17H,2,8H2,1H3,(H2,14,16). The molecule has 0 saturated heterocycles. The fourth-order valence-electron chi connectivity index (χ4n) is 1.75. The van der Waals surface area contributed by atoms with Crippen molar-refractivity contribution in [3.8, 4) is 11.1 Å². The van der Waals surface area contributed by atoms with Gasteiger partial charge in [-0.3, -0.25) is 0 Å². The van der Waals surface area contributed by atoms with Crippen molar-refractivity contribution in [2.75, 3.05) is 17.7 Å². The number of nitrogens with zero attached hydrogens (tertiary/aromatic N) is 1. The number of hydrogen-bond donors (Lipinski definition) is 3. The minimum absolute atomic E-state index is 0.0345. The molecule has 0 amide bonds. The maximum atomic E-state index is 9.25. The van der Waals surface area contributed by atoms with E-state index >= 15 is 0 Å². The van der Waals surface area contributed by atoms with Crippen molar-refractivity contribution in [3.63, 3.8) is 0 Å². The molecule has 0 bridgehead atoms. The lowest BCUT2D eigenvalue weighted by atomic mass is 10.1. The second-order valence-electron chi connectivity index (χ2n) is 4.07. The first-order valence-corrected chi connectivity index (χ1v) is 6.71. The lowest BCUT2D eigenvalue weighted by molar-refractivity contribution is 0.272. The summed E-state index contributed by atoms with van der Waals surface area (Å²) in [5, 5.41) is 13.5. The molecule has 0 aliphatic rings. The van der Waals surface area contributed by atoms with Crippen LogP contribution >= 0.6 is 11.5 Å². The quantitative estimate of drug-likeness (QED) is 0.775. The molecule has 2 rings (SSSR count). The van der Waals surface area contributed by atoms with Crippen LogP contribution in [0.4, 0.5) is 10.8 Å². The third-order valence-corrected chi connectivity index (χ3v) is 3.62. The molecule has 5 heteroatoms. The van der Waals surface area contributed by atoms with E-state index in [0.717, 1.165) is 22.5 Å². The van der Waals surface area contributed by atoms with Crippen LogP contribution in [0.5, 0.6) is 0 Å². The summed E-state index contributed by atoms with van der Waals surface area (Å²) in [7, 11) is 0. The fourth-order valence-corrected chi connectivity index (χ4v) is 2.56. The van der Waals surface area contributed by atoms with E-state index in [9.17, 15) is 5.11 Å². The highest BCUT2D eigenvalue weighted by Gasteiger charge is 2.15. The van der Waals surface area contributed by atoms with E-state index in [4.69, 9.17) is 5.73 Å². The highest BCUT2D eigenvalue weighted by atomic mass is 32.1. The summed E-state index contributed by atoms with van der Waals surface area (Å²) in [6.45, 7) is 2.13. The van der Waals surface area contributed by atoms with Gasteiger partial charge in [0, 0.05) is 6.04 Å². The van der Waals surface area contributed by atoms with E-state index < -0.39 is 0 Å². The fraction of sp³-hybridized carbons (Fsp3) is 0.308. The van der Waals surface area contributed by atoms with Gasteiger partial charge in [0.05, 0.1) is 12.2 Å². The summed E-state index contributed by atoms with van der Waals surface area (Å²) in [4.78, 5) is 0. The zero-order chi connectivity index (χ0) is 13.0. The Labute approximate surface area is 111 Å². The molecule has 18 heavy (non-hydrogen) atoms. The molecular weight excluding hydrogens is 246 g/mol. The van der Waals surface area contributed by atoms with Crippen LogP contribution in [0.3, 0.4) is 0 Å². The largest absolute Gasteiger partial charge is 0.394 e. The van der Waals surface area contributed by atoms with Gasteiger partial charge in [-0.05, 0) is 23.5 Å². The molecular formula is C13H17N3OS. The summed E-state index contributed by atoms with van der Waals surface area (Å²) >= 11 is 1.33. The number of nitrogen functional groups attached to an aromatic ring is 1. The Kier molecular flexibility index (Phi) is 4.17. The third kappa shape index (κ3) is 2.63. The maximum absolute atomic E-state index is 9.25. The molecule has 1 heterocycles. The van der Waals surface area contributed by atoms with Crippen molar-refractivity contribution in [1.82, 2.24) is 4.37 Å². The second-order valence-corrected chi connectivity index (χ2v) is 4.84. The topological polar surface area (TPSA) is 71.2 Å². The van der Waals surface area contributed by atoms with Crippen LogP contribution in [0, 0.1) is 0 Å². The summed E-state index contributed by atoms with van der Waals surface area (Å²) < 4.78 is 4.19. The molecule has 0 saturated carbocycles. The van der Waals surface area contributed by atoms with E-state index in [1.54, 1.807) is 0 Å². The molecule has 1 aromatic heterocycles. The molecule has 1 aromatic carbocycles. The summed E-state index contributed by atoms with van der Waals surface area (Å²) in [6.07, 6.45) is 0.850. The van der Waals surface area contributed by atoms with Gasteiger partial charge in [0.2, 0.25) is 0 Å². The zero-order valence-electron chi connectivity index (χ0n) is 10.3. The van der Waals surface area contributed by atoms with Crippen molar-refractivity contribution in [1.29, 1.82) is 0 Å². The highest BCUT2D eigenvalue weighted by molar-refractivity contribution is 7.11. The summed E-state index contributed by atoms with van der Waals surface area (Å²) in [5.74, 6) is 0.529. The van der Waals surface area contributed by atoms with Crippen LogP contribution in [0.25, 0.3) is 11.1 Å². The normalized spacial score (nSPS) is 12.3. The summed E-state index contributed by atoms with van der Waals surface area (Å²) in [6, 6.07) is 9.96. The SMILES string of the molecule is CCC(CO)Nc1snc(N)c1-c1ccccc1. The molecule has 96 valence electrons. The molecule has 0 fully saturated rings. The number of hydrogen-bond acceptors (Lipinski definition) is 5. The van der Waals surface area contributed by atoms with Crippen molar-refractivity contribution in [2.45, 2.75) is 19.4 Å². The number of benzene rings is 1. The molecule has 0 aliphatic carbocycles. The number of rotatable bonds is 5. The summed E-state index contributed by atoms with van der Waals surface area (Å²) in [5.41, 5.74) is 7.89. The Balaban J connectivity index is 2.33. The molecule has 0 radical (unpaired) electrons. The molecule has 1 atom stereocenters. The van der Waals surface area contributed by atoms with Crippen molar-refractivity contribution < 1.29 is 5.11 Å². The molecule has 0 spiro atoms. The minimum Gasteiger partial charge on any atom is -0.394 e. The lowest BCUT2D eigenvalue weighted by Crippen LogP contribution is -2.22. The van der Waals surface area contributed by atoms with Gasteiger partial charge in [0.15, 0.2) is 0 Å². The molecule has 4 nitrogen and oxygen atoms in total. The van der Waals surface area contributed by atoms with Crippen molar-refractivity contribution >= 4 is 22.4 Å². The van der Waals surface area contributed by atoms with Gasteiger partial charge in [-0.25, -0.2) is 0 Å². The van der Waals surface area contributed by atoms with Crippen LogP contribution in [0.15, 0.2) is 30.3 Å². The number of anilines is 2. The van der Waals surface area contributed by atoms with E-state index in [-0.39, 0.29) is 12.6 Å². The molecule has 4 N–H and O–H groups in total. The Hall–Kier alpha value is -1.59. The van der Waals surface area contributed by atoms with Gasteiger partial charge in [0.1, 0.15) is 10.8 Å². The lowest BCUT2D eigenvalue weighted by Gasteiger charge is -2.15. The average molecular weight is 263 g/mol. The maximum Gasteiger partial charge on any atom is 0.147 e. The number of aliphatic hydroxyl groups is 1. The average Bonchev–Trinajstić information content (AvgIpc) is 2.78. The van der Waals surface area contributed by atoms with Gasteiger partial charge in [-0.2, -0.15) is 4.37 Å². The van der Waals surface area contributed by atoms with Crippen LogP contribution < -0.4 is 11.1 Å². The van der Waals surface area contributed by atoms with Gasteiger partial charge < -0.3 is 16.2 Å². The van der Waals surface area contributed by atoms with E-state index in [1.807, 2.05) is 37.3 Å². The van der Waals surface area contributed by atoms with E-state index in [1.165, 1.54) is 11.5 Å². The van der Waals surface area contributed by atoms with Crippen LogP contribution in [-0.2, 0) is 0 Å². The number of nitrogens with one attached hydrogen (secondary N) is 1. The highest BCUT2D eigenvalue weighted by Crippen LogP contribution is 2.37. The zero-order valence-corrected chi connectivity index (χ0v) is 11.1. The smallest absolute Gasteiger partial charge is 0.147 e. The number of aromatic nitrogens is 1. The molecule has 1 unspecified atom stereocenters. The predicted molar refractivity (Wildman–Crippen MR) is 76.7 cm³/mol. The first-order chi connectivity index (χ1) is 8.76. The van der Waals surface area contributed by atoms with Gasteiger partial charge in [0.25, 0.3) is 0 Å². The minimum atomic E-state index is 0.0345. The van der Waals surface area contributed by atoms with E-state index in [0.29, 0.717) is 5.82 Å². The number of nitrogens with two attached hydrogens (primary N) is 1. The van der Waals surface area contributed by atoms with Crippen LogP contribution in [0.2, 0.25) is 0 Å². The predicted octanol–water partition coefficient (Wildman–Crippen LogP) is 2.58. The Morgan fingerprint density at radius 2 is 2.11 bits per heavy atom. The van der Waals surface area contributed by atoms with Crippen LogP contribution in [0.1, 0.15) is 13.3 Å². The first kappa shape index (κ1) is 12.9. The Morgan fingerprint density at radius 1 is 1.39 bits per heavy atom. The monoisotopic (exact) mass is 263 g/mol. The van der Waals surface area contributed by atoms with Crippen molar-refractivity contribution in [2.24, 2.45) is 0 Å². The van der Waals surface area contributed by atoms with Gasteiger partial charge >= 0.3 is 0 Å². The van der Waals surface area contributed by atoms with Gasteiger partial charge in [-0.15, -0.1) is 0 Å². The van der Waals surface area contributed by atoms with Crippen LogP contribution in [-0.4, -0.2) is 22.1 Å². The Bertz CT molecular complexity index is 494. The van der Waals surface area contributed by atoms with Crippen molar-refractivity contribution in [3.05, 3.63) is 30.3 Å². The Morgan fingerprint density at radius 3 is 2.72 bits per heavy atom. The van der Waals surface area contributed by atoms with E-state index in [2.05, 4.69) is 9.69 Å². The second kappa shape index (κ2) is 5.84. The molecule has 0 aliphatic heterocycles. The number of aliphatic hydroxyl groups excluding tert-OH is 1. The first-order valence-electron chi connectivity index (χ1n) is 5.94.